The predicted molar refractivity (Wildman–Crippen MR) is 88.4 cm³/mol. The van der Waals surface area contributed by atoms with Gasteiger partial charge >= 0.3 is 0 Å². The Labute approximate surface area is 138 Å². The number of amides is 1. The number of aryl methyl sites for hydroxylation is 1. The number of anilines is 1. The van der Waals surface area contributed by atoms with Crippen LogP contribution in [-0.4, -0.2) is 32.6 Å². The summed E-state index contributed by atoms with van der Waals surface area (Å²) in [5, 5.41) is 11.5. The highest BCUT2D eigenvalue weighted by Gasteiger charge is 2.31. The lowest BCUT2D eigenvalue weighted by molar-refractivity contribution is -0.116. The van der Waals surface area contributed by atoms with E-state index in [1.807, 2.05) is 43.7 Å². The lowest BCUT2D eigenvalue weighted by Crippen LogP contribution is -2.23. The van der Waals surface area contributed by atoms with Gasteiger partial charge in [0.2, 0.25) is 5.91 Å². The standard InChI is InChI=1S/C17H17N5O2/c1-21-10-14-12(9-16(23)19-17(14)20-21)13-8-11(24-2)4-5-15(13)22-7-3-6-18-22/h3-8,10,12H,9H2,1-2H3,(H,19,20,23). The summed E-state index contributed by atoms with van der Waals surface area (Å²) >= 11 is 0. The molecule has 0 saturated carbocycles. The van der Waals surface area contributed by atoms with Gasteiger partial charge in [-0.05, 0) is 29.8 Å². The summed E-state index contributed by atoms with van der Waals surface area (Å²) in [5.74, 6) is 1.22. The zero-order chi connectivity index (χ0) is 16.7. The van der Waals surface area contributed by atoms with Crippen molar-refractivity contribution in [3.63, 3.8) is 0 Å². The van der Waals surface area contributed by atoms with E-state index in [4.69, 9.17) is 4.74 Å². The number of carbonyl (C=O) groups excluding carboxylic acids is 1. The molecule has 0 aliphatic carbocycles. The molecular formula is C17H17N5O2. The van der Waals surface area contributed by atoms with Crippen molar-refractivity contribution < 1.29 is 9.53 Å². The zero-order valence-corrected chi connectivity index (χ0v) is 13.4. The van der Waals surface area contributed by atoms with E-state index >= 15 is 0 Å². The van der Waals surface area contributed by atoms with E-state index in [1.165, 1.54) is 0 Å². The van der Waals surface area contributed by atoms with Gasteiger partial charge in [0.15, 0.2) is 5.82 Å². The molecule has 1 amide bonds. The number of rotatable bonds is 3. The first-order chi connectivity index (χ1) is 11.7. The molecule has 1 atom stereocenters. The molecule has 1 aliphatic rings. The van der Waals surface area contributed by atoms with E-state index < -0.39 is 0 Å². The van der Waals surface area contributed by atoms with Gasteiger partial charge in [0.05, 0.1) is 12.8 Å². The molecule has 3 heterocycles. The minimum Gasteiger partial charge on any atom is -0.497 e. The van der Waals surface area contributed by atoms with Crippen LogP contribution in [0.15, 0.2) is 42.9 Å². The van der Waals surface area contributed by atoms with E-state index in [9.17, 15) is 4.79 Å². The molecule has 1 N–H and O–H groups in total. The van der Waals surface area contributed by atoms with Crippen LogP contribution >= 0.6 is 0 Å². The van der Waals surface area contributed by atoms with Crippen molar-refractivity contribution in [1.82, 2.24) is 19.6 Å². The molecular weight excluding hydrogens is 306 g/mol. The van der Waals surface area contributed by atoms with Gasteiger partial charge in [-0.15, -0.1) is 0 Å². The Hall–Kier alpha value is -3.09. The van der Waals surface area contributed by atoms with Crippen LogP contribution in [0, 0.1) is 0 Å². The van der Waals surface area contributed by atoms with Gasteiger partial charge in [-0.25, -0.2) is 4.68 Å². The molecule has 2 aromatic heterocycles. The van der Waals surface area contributed by atoms with Crippen LogP contribution in [0.3, 0.4) is 0 Å². The van der Waals surface area contributed by atoms with Crippen LogP contribution < -0.4 is 10.1 Å². The van der Waals surface area contributed by atoms with Crippen LogP contribution in [0.2, 0.25) is 0 Å². The Balaban J connectivity index is 1.91. The van der Waals surface area contributed by atoms with Crippen LogP contribution in [-0.2, 0) is 11.8 Å². The average Bonchev–Trinajstić information content (AvgIpc) is 3.22. The molecule has 0 saturated heterocycles. The number of aromatic nitrogens is 4. The van der Waals surface area contributed by atoms with Gasteiger partial charge in [-0.2, -0.15) is 10.2 Å². The fourth-order valence-corrected chi connectivity index (χ4v) is 3.17. The molecule has 1 aliphatic heterocycles. The Morgan fingerprint density at radius 3 is 2.96 bits per heavy atom. The third-order valence-corrected chi connectivity index (χ3v) is 4.24. The Bertz CT molecular complexity index is 898. The molecule has 0 spiro atoms. The number of benzene rings is 1. The fourth-order valence-electron chi connectivity index (χ4n) is 3.17. The second-order valence-electron chi connectivity index (χ2n) is 5.79. The van der Waals surface area contributed by atoms with Crippen LogP contribution in [0.25, 0.3) is 5.69 Å². The summed E-state index contributed by atoms with van der Waals surface area (Å²) in [4.78, 5) is 12.2. The molecule has 24 heavy (non-hydrogen) atoms. The molecule has 0 fully saturated rings. The minimum atomic E-state index is -0.100. The maximum atomic E-state index is 12.2. The van der Waals surface area contributed by atoms with Gasteiger partial charge < -0.3 is 10.1 Å². The summed E-state index contributed by atoms with van der Waals surface area (Å²) in [5.41, 5.74) is 2.91. The van der Waals surface area contributed by atoms with Crippen molar-refractivity contribution in [2.45, 2.75) is 12.3 Å². The first-order valence-corrected chi connectivity index (χ1v) is 7.67. The van der Waals surface area contributed by atoms with Gasteiger partial charge in [-0.1, -0.05) is 0 Å². The van der Waals surface area contributed by atoms with E-state index in [2.05, 4.69) is 15.5 Å². The van der Waals surface area contributed by atoms with Crippen molar-refractivity contribution in [2.24, 2.45) is 7.05 Å². The molecule has 7 heteroatoms. The number of ether oxygens (including phenoxy) is 1. The van der Waals surface area contributed by atoms with Crippen molar-refractivity contribution in [2.75, 3.05) is 12.4 Å². The Morgan fingerprint density at radius 1 is 1.33 bits per heavy atom. The van der Waals surface area contributed by atoms with Gasteiger partial charge in [-0.3, -0.25) is 9.48 Å². The highest BCUT2D eigenvalue weighted by molar-refractivity contribution is 5.94. The lowest BCUT2D eigenvalue weighted by atomic mass is 9.86. The summed E-state index contributed by atoms with van der Waals surface area (Å²) in [6, 6.07) is 7.70. The maximum absolute atomic E-state index is 12.2. The molecule has 7 nitrogen and oxygen atoms in total. The number of fused-ring (bicyclic) bond motifs is 1. The summed E-state index contributed by atoms with van der Waals surface area (Å²) in [6.07, 6.45) is 5.93. The largest absolute Gasteiger partial charge is 0.497 e. The SMILES string of the molecule is COc1ccc(-n2cccn2)c(C2CC(=O)Nc3nn(C)cc32)c1. The van der Waals surface area contributed by atoms with Gasteiger partial charge in [0.1, 0.15) is 5.75 Å². The molecule has 1 unspecified atom stereocenters. The van der Waals surface area contributed by atoms with Crippen molar-refractivity contribution in [3.8, 4) is 11.4 Å². The molecule has 0 bridgehead atoms. The number of nitrogens with zero attached hydrogens (tertiary/aromatic N) is 4. The second kappa shape index (κ2) is 5.52. The monoisotopic (exact) mass is 323 g/mol. The highest BCUT2D eigenvalue weighted by atomic mass is 16.5. The molecule has 4 rings (SSSR count). The number of hydrogen-bond acceptors (Lipinski definition) is 4. The van der Waals surface area contributed by atoms with E-state index in [0.717, 1.165) is 22.6 Å². The average molecular weight is 323 g/mol. The molecule has 0 radical (unpaired) electrons. The number of nitrogens with one attached hydrogen (secondary N) is 1. The fraction of sp³-hybridized carbons (Fsp3) is 0.235. The van der Waals surface area contributed by atoms with Gasteiger partial charge in [0.25, 0.3) is 0 Å². The highest BCUT2D eigenvalue weighted by Crippen LogP contribution is 2.39. The first-order valence-electron chi connectivity index (χ1n) is 7.67. The van der Waals surface area contributed by atoms with E-state index in [1.54, 1.807) is 22.7 Å². The molecule has 3 aromatic rings. The molecule has 1 aromatic carbocycles. The third kappa shape index (κ3) is 2.34. The quantitative estimate of drug-likeness (QED) is 0.801. The summed E-state index contributed by atoms with van der Waals surface area (Å²) in [7, 11) is 3.48. The summed E-state index contributed by atoms with van der Waals surface area (Å²) < 4.78 is 8.91. The van der Waals surface area contributed by atoms with Crippen LogP contribution in [0.5, 0.6) is 5.75 Å². The predicted octanol–water partition coefficient (Wildman–Crippen LogP) is 2.09. The topological polar surface area (TPSA) is 74.0 Å². The Morgan fingerprint density at radius 2 is 2.21 bits per heavy atom. The number of hydrogen-bond donors (Lipinski definition) is 1. The van der Waals surface area contributed by atoms with Gasteiger partial charge in [0, 0.05) is 43.5 Å². The number of carbonyl (C=O) groups is 1. The third-order valence-electron chi connectivity index (χ3n) is 4.24. The van der Waals surface area contributed by atoms with Crippen LogP contribution in [0.4, 0.5) is 5.82 Å². The van der Waals surface area contributed by atoms with Crippen molar-refractivity contribution in [3.05, 3.63) is 54.0 Å². The van der Waals surface area contributed by atoms with E-state index in [0.29, 0.717) is 12.2 Å². The maximum Gasteiger partial charge on any atom is 0.226 e. The second-order valence-corrected chi connectivity index (χ2v) is 5.79. The lowest BCUT2D eigenvalue weighted by Gasteiger charge is -2.24. The Kier molecular flexibility index (Phi) is 3.34. The summed E-state index contributed by atoms with van der Waals surface area (Å²) in [6.45, 7) is 0. The smallest absolute Gasteiger partial charge is 0.226 e. The number of methoxy groups -OCH3 is 1. The first kappa shape index (κ1) is 14.5. The van der Waals surface area contributed by atoms with Crippen molar-refractivity contribution in [1.29, 1.82) is 0 Å². The van der Waals surface area contributed by atoms with E-state index in [-0.39, 0.29) is 11.8 Å². The normalized spacial score (nSPS) is 16.6. The molecule has 122 valence electrons. The van der Waals surface area contributed by atoms with Crippen LogP contribution in [0.1, 0.15) is 23.5 Å². The van der Waals surface area contributed by atoms with Crippen molar-refractivity contribution >= 4 is 11.7 Å². The zero-order valence-electron chi connectivity index (χ0n) is 13.4. The minimum absolute atomic E-state index is 0.0413.